The average Bonchev–Trinajstić information content (AvgIpc) is 2.98. The minimum Gasteiger partial charge on any atom is -0.491 e. The minimum atomic E-state index is -0.458. The Bertz CT molecular complexity index is 384. The van der Waals surface area contributed by atoms with Crippen LogP contribution in [0, 0.1) is 12.8 Å². The lowest BCUT2D eigenvalue weighted by atomic mass is 10.00. The van der Waals surface area contributed by atoms with Gasteiger partial charge in [0.15, 0.2) is 0 Å². The number of hydrogen-bond acceptors (Lipinski definition) is 3. The zero-order chi connectivity index (χ0) is 14.4. The van der Waals surface area contributed by atoms with Crippen LogP contribution in [0.5, 0.6) is 5.75 Å². The molecule has 3 heteroatoms. The molecule has 1 aromatic carbocycles. The lowest BCUT2D eigenvalue weighted by Crippen LogP contribution is -2.39. The second kappa shape index (κ2) is 7.65. The Morgan fingerprint density at radius 2 is 1.90 bits per heavy atom. The van der Waals surface area contributed by atoms with Gasteiger partial charge in [-0.05, 0) is 44.7 Å². The zero-order valence-electron chi connectivity index (χ0n) is 12.6. The van der Waals surface area contributed by atoms with Gasteiger partial charge in [0.25, 0.3) is 0 Å². The Kier molecular flexibility index (Phi) is 5.86. The van der Waals surface area contributed by atoms with Crippen LogP contribution in [-0.4, -0.2) is 30.4 Å². The van der Waals surface area contributed by atoms with Crippen molar-refractivity contribution >= 4 is 0 Å². The largest absolute Gasteiger partial charge is 0.491 e. The van der Waals surface area contributed by atoms with Gasteiger partial charge in [0.2, 0.25) is 0 Å². The first-order valence-electron chi connectivity index (χ1n) is 7.76. The number of nitrogens with one attached hydrogen (secondary N) is 1. The van der Waals surface area contributed by atoms with Gasteiger partial charge in [0.05, 0.1) is 0 Å². The molecule has 0 aromatic heterocycles. The molecule has 0 bridgehead atoms. The van der Waals surface area contributed by atoms with Crippen molar-refractivity contribution in [3.05, 3.63) is 29.8 Å². The Labute approximate surface area is 122 Å². The number of hydrogen-bond donors (Lipinski definition) is 2. The highest BCUT2D eigenvalue weighted by Gasteiger charge is 2.21. The fourth-order valence-corrected chi connectivity index (χ4v) is 2.83. The van der Waals surface area contributed by atoms with Gasteiger partial charge in [-0.3, -0.25) is 0 Å². The number of rotatable bonds is 7. The molecule has 1 aliphatic rings. The number of ether oxygens (including phenoxy) is 1. The van der Waals surface area contributed by atoms with E-state index in [9.17, 15) is 5.11 Å². The van der Waals surface area contributed by atoms with E-state index in [0.717, 1.165) is 11.7 Å². The molecule has 2 rings (SSSR count). The maximum absolute atomic E-state index is 9.97. The van der Waals surface area contributed by atoms with E-state index < -0.39 is 6.10 Å². The van der Waals surface area contributed by atoms with Gasteiger partial charge in [-0.2, -0.15) is 0 Å². The van der Waals surface area contributed by atoms with Gasteiger partial charge in [0, 0.05) is 12.6 Å². The van der Waals surface area contributed by atoms with Gasteiger partial charge >= 0.3 is 0 Å². The summed E-state index contributed by atoms with van der Waals surface area (Å²) < 4.78 is 5.59. The van der Waals surface area contributed by atoms with Crippen LogP contribution in [0.2, 0.25) is 0 Å². The summed E-state index contributed by atoms with van der Waals surface area (Å²) in [5, 5.41) is 13.4. The summed E-state index contributed by atoms with van der Waals surface area (Å²) in [6.45, 7) is 5.22. The van der Waals surface area contributed by atoms with Crippen LogP contribution >= 0.6 is 0 Å². The van der Waals surface area contributed by atoms with Gasteiger partial charge in [-0.25, -0.2) is 0 Å². The molecule has 1 aromatic rings. The van der Waals surface area contributed by atoms with Gasteiger partial charge in [-0.1, -0.05) is 30.5 Å². The summed E-state index contributed by atoms with van der Waals surface area (Å²) in [6.07, 6.45) is 4.90. The van der Waals surface area contributed by atoms with Crippen LogP contribution in [0.3, 0.4) is 0 Å². The summed E-state index contributed by atoms with van der Waals surface area (Å²) in [6, 6.07) is 8.41. The van der Waals surface area contributed by atoms with Gasteiger partial charge in [0.1, 0.15) is 18.5 Å². The fraction of sp³-hybridized carbons (Fsp3) is 0.647. The quantitative estimate of drug-likeness (QED) is 0.805. The van der Waals surface area contributed by atoms with E-state index in [1.54, 1.807) is 0 Å². The van der Waals surface area contributed by atoms with E-state index in [4.69, 9.17) is 4.74 Å². The van der Waals surface area contributed by atoms with Gasteiger partial charge < -0.3 is 15.2 Å². The van der Waals surface area contributed by atoms with Crippen molar-refractivity contribution in [2.45, 2.75) is 51.7 Å². The molecular weight excluding hydrogens is 250 g/mol. The third-order valence-electron chi connectivity index (χ3n) is 4.25. The highest BCUT2D eigenvalue weighted by molar-refractivity contribution is 5.26. The molecule has 1 fully saturated rings. The summed E-state index contributed by atoms with van der Waals surface area (Å²) in [5.41, 5.74) is 1.21. The molecule has 1 aliphatic carbocycles. The Hall–Kier alpha value is -1.06. The predicted octanol–water partition coefficient (Wildman–Crippen LogP) is 2.90. The maximum atomic E-state index is 9.97. The molecule has 2 N–H and O–H groups in total. The molecule has 0 spiro atoms. The van der Waals surface area contributed by atoms with Crippen LogP contribution < -0.4 is 10.1 Å². The summed E-state index contributed by atoms with van der Waals surface area (Å²) in [7, 11) is 0. The molecule has 0 heterocycles. The fourth-order valence-electron chi connectivity index (χ4n) is 2.83. The molecule has 2 unspecified atom stereocenters. The molecule has 20 heavy (non-hydrogen) atoms. The van der Waals surface area contributed by atoms with Crippen LogP contribution in [0.4, 0.5) is 0 Å². The van der Waals surface area contributed by atoms with Crippen molar-refractivity contribution in [3.63, 3.8) is 0 Å². The molecular formula is C17H27NO2. The van der Waals surface area contributed by atoms with Crippen LogP contribution in [-0.2, 0) is 0 Å². The first-order chi connectivity index (χ1) is 9.65. The SMILES string of the molecule is Cc1ccc(OCC(O)CNC(C)C2CCCC2)cc1. The Morgan fingerprint density at radius 1 is 1.25 bits per heavy atom. The summed E-state index contributed by atoms with van der Waals surface area (Å²) in [5.74, 6) is 1.60. The van der Waals surface area contributed by atoms with E-state index in [1.165, 1.54) is 31.2 Å². The third-order valence-corrected chi connectivity index (χ3v) is 4.25. The standard InChI is InChI=1S/C17H27NO2/c1-13-7-9-17(10-8-13)20-12-16(19)11-18-14(2)15-5-3-4-6-15/h7-10,14-16,18-19H,3-6,11-12H2,1-2H3. The van der Waals surface area contributed by atoms with E-state index in [1.807, 2.05) is 31.2 Å². The average molecular weight is 277 g/mol. The second-order valence-electron chi connectivity index (χ2n) is 6.02. The normalized spacial score (nSPS) is 18.9. The van der Waals surface area contributed by atoms with Crippen molar-refractivity contribution in [2.75, 3.05) is 13.2 Å². The van der Waals surface area contributed by atoms with E-state index >= 15 is 0 Å². The topological polar surface area (TPSA) is 41.5 Å². The van der Waals surface area contributed by atoms with E-state index in [-0.39, 0.29) is 0 Å². The molecule has 112 valence electrons. The zero-order valence-corrected chi connectivity index (χ0v) is 12.6. The number of benzene rings is 1. The lowest BCUT2D eigenvalue weighted by molar-refractivity contribution is 0.102. The summed E-state index contributed by atoms with van der Waals surface area (Å²) >= 11 is 0. The van der Waals surface area contributed by atoms with E-state index in [0.29, 0.717) is 19.2 Å². The van der Waals surface area contributed by atoms with Crippen molar-refractivity contribution in [1.29, 1.82) is 0 Å². The van der Waals surface area contributed by atoms with E-state index in [2.05, 4.69) is 12.2 Å². The van der Waals surface area contributed by atoms with Gasteiger partial charge in [-0.15, -0.1) is 0 Å². The van der Waals surface area contributed by atoms with Crippen LogP contribution in [0.1, 0.15) is 38.2 Å². The minimum absolute atomic E-state index is 0.341. The highest BCUT2D eigenvalue weighted by atomic mass is 16.5. The number of aryl methyl sites for hydroxylation is 1. The first kappa shape index (κ1) is 15.3. The summed E-state index contributed by atoms with van der Waals surface area (Å²) in [4.78, 5) is 0. The first-order valence-corrected chi connectivity index (χ1v) is 7.76. The second-order valence-corrected chi connectivity index (χ2v) is 6.02. The highest BCUT2D eigenvalue weighted by Crippen LogP contribution is 2.27. The monoisotopic (exact) mass is 277 g/mol. The van der Waals surface area contributed by atoms with Crippen molar-refractivity contribution in [1.82, 2.24) is 5.32 Å². The Balaban J connectivity index is 1.64. The predicted molar refractivity (Wildman–Crippen MR) is 82.1 cm³/mol. The smallest absolute Gasteiger partial charge is 0.119 e. The van der Waals surface area contributed by atoms with Crippen molar-refractivity contribution < 1.29 is 9.84 Å². The number of aliphatic hydroxyl groups excluding tert-OH is 1. The molecule has 0 aliphatic heterocycles. The van der Waals surface area contributed by atoms with Crippen LogP contribution in [0.15, 0.2) is 24.3 Å². The maximum Gasteiger partial charge on any atom is 0.119 e. The van der Waals surface area contributed by atoms with Crippen molar-refractivity contribution in [3.8, 4) is 5.75 Å². The number of aliphatic hydroxyl groups is 1. The molecule has 0 saturated heterocycles. The third kappa shape index (κ3) is 4.80. The molecule has 0 radical (unpaired) electrons. The lowest BCUT2D eigenvalue weighted by Gasteiger charge is -2.22. The Morgan fingerprint density at radius 3 is 2.55 bits per heavy atom. The molecule has 0 amide bonds. The van der Waals surface area contributed by atoms with Crippen LogP contribution in [0.25, 0.3) is 0 Å². The molecule has 1 saturated carbocycles. The molecule has 2 atom stereocenters. The van der Waals surface area contributed by atoms with Crippen molar-refractivity contribution in [2.24, 2.45) is 5.92 Å². The molecule has 3 nitrogen and oxygen atoms in total.